The Hall–Kier alpha value is -1.73. The van der Waals surface area contributed by atoms with Gasteiger partial charge in [0.05, 0.1) is 28.2 Å². The van der Waals surface area contributed by atoms with Crippen LogP contribution in [0.4, 0.5) is 0 Å². The topological polar surface area (TPSA) is 66.1 Å². The van der Waals surface area contributed by atoms with Gasteiger partial charge in [-0.05, 0) is 42.8 Å². The third kappa shape index (κ3) is 5.66. The van der Waals surface area contributed by atoms with E-state index in [1.54, 1.807) is 41.3 Å². The summed E-state index contributed by atoms with van der Waals surface area (Å²) in [5.74, 6) is 0.531. The highest BCUT2D eigenvalue weighted by atomic mass is 35.5. The molecule has 0 saturated carbocycles. The second kappa shape index (κ2) is 9.85. The second-order valence-corrected chi connectivity index (χ2v) is 8.65. The summed E-state index contributed by atoms with van der Waals surface area (Å²) in [4.78, 5) is 34.8. The van der Waals surface area contributed by atoms with E-state index in [-0.39, 0.29) is 23.8 Å². The molecule has 5 nitrogen and oxygen atoms in total. The SMILES string of the molecule is CCCN(Cc1nc2cc(Cl)ccc2c(=O)[nH]1)C(=O)CSc1cc(Cl)ccc1Cl. The lowest BCUT2D eigenvalue weighted by Crippen LogP contribution is -2.34. The summed E-state index contributed by atoms with van der Waals surface area (Å²) in [7, 11) is 0. The number of hydrogen-bond donors (Lipinski definition) is 1. The Balaban J connectivity index is 1.77. The maximum atomic E-state index is 12.8. The number of carbonyl (C=O) groups excluding carboxylic acids is 1. The zero-order valence-electron chi connectivity index (χ0n) is 15.5. The Kier molecular flexibility index (Phi) is 7.46. The van der Waals surface area contributed by atoms with Crippen LogP contribution in [0.3, 0.4) is 0 Å². The third-order valence-corrected chi connectivity index (χ3v) is 6.10. The minimum atomic E-state index is -0.259. The van der Waals surface area contributed by atoms with Crippen LogP contribution in [0, 0.1) is 0 Å². The molecule has 1 aromatic heterocycles. The largest absolute Gasteiger partial charge is 0.335 e. The van der Waals surface area contributed by atoms with Crippen molar-refractivity contribution in [1.29, 1.82) is 0 Å². The number of rotatable bonds is 7. The molecule has 2 aromatic carbocycles. The van der Waals surface area contributed by atoms with Crippen molar-refractivity contribution in [3.63, 3.8) is 0 Å². The van der Waals surface area contributed by atoms with E-state index < -0.39 is 0 Å². The molecule has 0 aliphatic rings. The van der Waals surface area contributed by atoms with Crippen molar-refractivity contribution in [2.45, 2.75) is 24.8 Å². The van der Waals surface area contributed by atoms with Crippen LogP contribution in [0.25, 0.3) is 10.9 Å². The average Bonchev–Trinajstić information content (AvgIpc) is 2.67. The minimum absolute atomic E-state index is 0.0817. The first-order valence-corrected chi connectivity index (χ1v) is 11.0. The Labute approximate surface area is 187 Å². The molecule has 29 heavy (non-hydrogen) atoms. The van der Waals surface area contributed by atoms with Crippen molar-refractivity contribution in [2.75, 3.05) is 12.3 Å². The zero-order valence-corrected chi connectivity index (χ0v) is 18.6. The van der Waals surface area contributed by atoms with Gasteiger partial charge in [-0.2, -0.15) is 0 Å². The minimum Gasteiger partial charge on any atom is -0.335 e. The first-order valence-electron chi connectivity index (χ1n) is 8.91. The molecule has 0 aliphatic carbocycles. The fourth-order valence-electron chi connectivity index (χ4n) is 2.80. The fraction of sp³-hybridized carbons (Fsp3) is 0.250. The molecule has 1 N–H and O–H groups in total. The van der Waals surface area contributed by atoms with Gasteiger partial charge >= 0.3 is 0 Å². The molecule has 9 heteroatoms. The van der Waals surface area contributed by atoms with Gasteiger partial charge in [0.1, 0.15) is 5.82 Å². The number of aromatic amines is 1. The predicted molar refractivity (Wildman–Crippen MR) is 120 cm³/mol. The van der Waals surface area contributed by atoms with E-state index >= 15 is 0 Å². The number of nitrogens with zero attached hydrogens (tertiary/aromatic N) is 2. The lowest BCUT2D eigenvalue weighted by Gasteiger charge is -2.21. The number of benzene rings is 2. The van der Waals surface area contributed by atoms with Gasteiger partial charge in [0.2, 0.25) is 5.91 Å². The number of thioether (sulfide) groups is 1. The summed E-state index contributed by atoms with van der Waals surface area (Å²) in [5.41, 5.74) is 0.242. The van der Waals surface area contributed by atoms with Crippen LogP contribution in [0.1, 0.15) is 19.2 Å². The molecule has 3 aromatic rings. The molecule has 0 aliphatic heterocycles. The highest BCUT2D eigenvalue weighted by molar-refractivity contribution is 8.00. The summed E-state index contributed by atoms with van der Waals surface area (Å²) in [6, 6.07) is 10.1. The van der Waals surface area contributed by atoms with Crippen LogP contribution in [-0.4, -0.2) is 33.1 Å². The van der Waals surface area contributed by atoms with Crippen LogP contribution in [-0.2, 0) is 11.3 Å². The smallest absolute Gasteiger partial charge is 0.258 e. The van der Waals surface area contributed by atoms with Gasteiger partial charge in [-0.3, -0.25) is 9.59 Å². The van der Waals surface area contributed by atoms with Crippen molar-refractivity contribution in [3.8, 4) is 0 Å². The van der Waals surface area contributed by atoms with Crippen molar-refractivity contribution in [3.05, 3.63) is 67.6 Å². The highest BCUT2D eigenvalue weighted by Gasteiger charge is 2.16. The predicted octanol–water partition coefficient (Wildman–Crippen LogP) is 5.41. The monoisotopic (exact) mass is 469 g/mol. The Bertz CT molecular complexity index is 1100. The third-order valence-electron chi connectivity index (χ3n) is 4.15. The van der Waals surface area contributed by atoms with Crippen molar-refractivity contribution < 1.29 is 4.79 Å². The van der Waals surface area contributed by atoms with E-state index in [0.29, 0.717) is 38.3 Å². The van der Waals surface area contributed by atoms with Crippen molar-refractivity contribution in [1.82, 2.24) is 14.9 Å². The molecular formula is C20H18Cl3N3O2S. The fourth-order valence-corrected chi connectivity index (χ4v) is 4.36. The average molecular weight is 471 g/mol. The van der Waals surface area contributed by atoms with Gasteiger partial charge in [0.15, 0.2) is 0 Å². The van der Waals surface area contributed by atoms with Gasteiger partial charge in [0, 0.05) is 21.5 Å². The molecule has 0 unspecified atom stereocenters. The van der Waals surface area contributed by atoms with Crippen molar-refractivity contribution in [2.24, 2.45) is 0 Å². The lowest BCUT2D eigenvalue weighted by molar-refractivity contribution is -0.129. The molecule has 0 saturated heterocycles. The van der Waals surface area contributed by atoms with Crippen molar-refractivity contribution >= 4 is 63.4 Å². The summed E-state index contributed by atoms with van der Waals surface area (Å²) in [5, 5.41) is 2.06. The van der Waals surface area contributed by atoms with E-state index in [0.717, 1.165) is 11.3 Å². The maximum Gasteiger partial charge on any atom is 0.258 e. The molecule has 0 radical (unpaired) electrons. The van der Waals surface area contributed by atoms with Gasteiger partial charge in [0.25, 0.3) is 5.56 Å². The number of nitrogens with one attached hydrogen (secondary N) is 1. The normalized spacial score (nSPS) is 11.0. The summed E-state index contributed by atoms with van der Waals surface area (Å²) in [6.45, 7) is 2.73. The lowest BCUT2D eigenvalue weighted by atomic mass is 10.2. The van der Waals surface area contributed by atoms with Crippen LogP contribution < -0.4 is 5.56 Å². The zero-order chi connectivity index (χ0) is 21.0. The Morgan fingerprint density at radius 2 is 1.86 bits per heavy atom. The van der Waals surface area contributed by atoms with E-state index in [1.165, 1.54) is 11.8 Å². The number of hydrogen-bond acceptors (Lipinski definition) is 4. The van der Waals surface area contributed by atoms with E-state index in [9.17, 15) is 9.59 Å². The molecule has 3 rings (SSSR count). The first-order chi connectivity index (χ1) is 13.9. The first kappa shape index (κ1) is 22.0. The Morgan fingerprint density at radius 1 is 1.14 bits per heavy atom. The number of halogens is 3. The van der Waals surface area contributed by atoms with Crippen LogP contribution in [0.5, 0.6) is 0 Å². The van der Waals surface area contributed by atoms with Crippen LogP contribution >= 0.6 is 46.6 Å². The quantitative estimate of drug-likeness (QED) is 0.469. The van der Waals surface area contributed by atoms with Crippen LogP contribution in [0.2, 0.25) is 15.1 Å². The van der Waals surface area contributed by atoms with Gasteiger partial charge in [-0.1, -0.05) is 41.7 Å². The van der Waals surface area contributed by atoms with Gasteiger partial charge in [-0.15, -0.1) is 11.8 Å². The van der Waals surface area contributed by atoms with Gasteiger partial charge < -0.3 is 9.88 Å². The molecular weight excluding hydrogens is 453 g/mol. The highest BCUT2D eigenvalue weighted by Crippen LogP contribution is 2.30. The molecule has 152 valence electrons. The molecule has 0 bridgehead atoms. The second-order valence-electron chi connectivity index (χ2n) is 6.35. The summed E-state index contributed by atoms with van der Waals surface area (Å²) >= 11 is 19.5. The summed E-state index contributed by atoms with van der Waals surface area (Å²) < 4.78 is 0. The standard InChI is InChI=1S/C20H18Cl3N3O2S/c1-2-7-26(19(27)11-29-17-9-13(22)4-6-15(17)23)10-18-24-16-8-12(21)3-5-14(16)20(28)25-18/h3-6,8-9H,2,7,10-11H2,1H3,(H,24,25,28). The van der Waals surface area contributed by atoms with Crippen LogP contribution in [0.15, 0.2) is 46.1 Å². The number of H-pyrrole nitrogens is 1. The number of aromatic nitrogens is 2. The Morgan fingerprint density at radius 3 is 2.62 bits per heavy atom. The number of fused-ring (bicyclic) bond motifs is 1. The number of amides is 1. The van der Waals surface area contributed by atoms with Gasteiger partial charge in [-0.25, -0.2) is 4.98 Å². The summed E-state index contributed by atoms with van der Waals surface area (Å²) in [6.07, 6.45) is 0.776. The van der Waals surface area contributed by atoms with E-state index in [1.807, 2.05) is 6.92 Å². The van der Waals surface area contributed by atoms with E-state index in [2.05, 4.69) is 9.97 Å². The molecule has 1 heterocycles. The molecule has 0 atom stereocenters. The molecule has 0 fully saturated rings. The number of carbonyl (C=O) groups is 1. The molecule has 1 amide bonds. The van der Waals surface area contributed by atoms with E-state index in [4.69, 9.17) is 34.8 Å². The molecule has 0 spiro atoms. The maximum absolute atomic E-state index is 12.8.